The number of amides is 1. The number of pyridine rings is 1. The summed E-state index contributed by atoms with van der Waals surface area (Å²) in [6.07, 6.45) is 2.60. The molecule has 190 valence electrons. The van der Waals surface area contributed by atoms with Crippen molar-refractivity contribution in [1.29, 1.82) is 0 Å². The highest BCUT2D eigenvalue weighted by molar-refractivity contribution is 7.90. The van der Waals surface area contributed by atoms with Crippen LogP contribution in [0.1, 0.15) is 44.7 Å². The molecule has 1 amide bonds. The summed E-state index contributed by atoms with van der Waals surface area (Å²) in [7, 11) is -2.70. The molecule has 0 saturated heterocycles. The minimum absolute atomic E-state index is 0.119. The van der Waals surface area contributed by atoms with Gasteiger partial charge >= 0.3 is 0 Å². The number of hydrogen-bond donors (Lipinski definition) is 1. The summed E-state index contributed by atoms with van der Waals surface area (Å²) in [4.78, 5) is 20.2. The Morgan fingerprint density at radius 1 is 1.28 bits per heavy atom. The first kappa shape index (κ1) is 27.0. The van der Waals surface area contributed by atoms with Crippen molar-refractivity contribution in [3.05, 3.63) is 71.1 Å². The van der Waals surface area contributed by atoms with Crippen molar-refractivity contribution in [2.75, 3.05) is 7.11 Å². The Hall–Kier alpha value is -3.62. The number of carbonyl (C=O) groups excluding carboxylic acids is 1. The van der Waals surface area contributed by atoms with E-state index >= 15 is 0 Å². The van der Waals surface area contributed by atoms with E-state index < -0.39 is 27.3 Å². The van der Waals surface area contributed by atoms with Crippen LogP contribution in [-0.2, 0) is 32.5 Å². The lowest BCUT2D eigenvalue weighted by atomic mass is 9.88. The van der Waals surface area contributed by atoms with Gasteiger partial charge in [0.2, 0.25) is 5.91 Å². The third-order valence-electron chi connectivity index (χ3n) is 5.61. The highest BCUT2D eigenvalue weighted by Crippen LogP contribution is 2.33. The fraction of sp³-hybridized carbons (Fsp3) is 0.360. The normalized spacial score (nSPS) is 11.9. The number of nitrogens with zero attached hydrogens (tertiary/aromatic N) is 4. The lowest BCUT2D eigenvalue weighted by Gasteiger charge is -2.22. The summed E-state index contributed by atoms with van der Waals surface area (Å²) in [6, 6.07) is 7.01. The Kier molecular flexibility index (Phi) is 7.91. The van der Waals surface area contributed by atoms with Crippen molar-refractivity contribution in [1.82, 2.24) is 19.5 Å². The van der Waals surface area contributed by atoms with E-state index in [4.69, 9.17) is 11.3 Å². The second-order valence-corrected chi connectivity index (χ2v) is 10.8. The smallest absolute Gasteiger partial charge is 0.283 e. The molecule has 3 aromatic rings. The Morgan fingerprint density at radius 2 is 2.00 bits per heavy atom. The van der Waals surface area contributed by atoms with Crippen LogP contribution in [-0.4, -0.2) is 41.8 Å². The van der Waals surface area contributed by atoms with Crippen LogP contribution in [0, 0.1) is 12.4 Å². The molecule has 0 fully saturated rings. The summed E-state index contributed by atoms with van der Waals surface area (Å²) in [5, 5.41) is 3.76. The fourth-order valence-corrected chi connectivity index (χ4v) is 4.63. The van der Waals surface area contributed by atoms with Gasteiger partial charge in [-0.25, -0.2) is 9.11 Å². The largest absolute Gasteiger partial charge is 0.377 e. The maximum atomic E-state index is 14.5. The van der Waals surface area contributed by atoms with Crippen molar-refractivity contribution in [2.45, 2.75) is 57.2 Å². The lowest BCUT2D eigenvalue weighted by molar-refractivity contribution is -0.118. The van der Waals surface area contributed by atoms with Gasteiger partial charge in [-0.05, 0) is 72.4 Å². The van der Waals surface area contributed by atoms with Gasteiger partial charge in [0.1, 0.15) is 12.0 Å². The van der Waals surface area contributed by atoms with Gasteiger partial charge in [-0.3, -0.25) is 9.48 Å². The SMILES string of the molecule is [C-]#[N+]c1cc(-c2cc(F)cc(C(C)C)c2CC(=O)NS(=O)(=O)c2ccn(CC(C)(C)OC)n2)ccn1. The predicted molar refractivity (Wildman–Crippen MR) is 132 cm³/mol. The van der Waals surface area contributed by atoms with E-state index in [0.29, 0.717) is 28.8 Å². The number of sulfonamides is 1. The number of benzene rings is 1. The zero-order valence-corrected chi connectivity index (χ0v) is 21.6. The number of hydrogen-bond acceptors (Lipinski definition) is 6. The number of ether oxygens (including phenoxy) is 1. The number of methoxy groups -OCH3 is 1. The fourth-order valence-electron chi connectivity index (χ4n) is 3.70. The number of carbonyl (C=O) groups is 1. The summed E-state index contributed by atoms with van der Waals surface area (Å²) in [6.45, 7) is 14.9. The monoisotopic (exact) mass is 513 g/mol. The van der Waals surface area contributed by atoms with Crippen molar-refractivity contribution in [3.8, 4) is 11.1 Å². The Bertz CT molecular complexity index is 1420. The van der Waals surface area contributed by atoms with Crippen LogP contribution in [0.4, 0.5) is 10.2 Å². The van der Waals surface area contributed by atoms with Crippen molar-refractivity contribution < 1.29 is 22.3 Å². The van der Waals surface area contributed by atoms with Crippen LogP contribution in [0.25, 0.3) is 16.0 Å². The first-order valence-electron chi connectivity index (χ1n) is 11.2. The summed E-state index contributed by atoms with van der Waals surface area (Å²) >= 11 is 0. The average molecular weight is 514 g/mol. The number of rotatable bonds is 9. The standard InChI is InChI=1S/C25H28FN5O4S/c1-16(2)19-12-18(26)13-20(17-7-9-28-22(11-17)27-5)21(19)14-23(32)30-36(33,34)24-8-10-31(29-24)15-25(3,4)35-6/h7-13,16H,14-15H2,1-4,6H3,(H,30,32). The molecule has 0 spiro atoms. The van der Waals surface area contributed by atoms with Gasteiger partial charge in [-0.1, -0.05) is 20.4 Å². The molecule has 1 aromatic carbocycles. The first-order chi connectivity index (χ1) is 16.8. The Labute approximate surface area is 210 Å². The molecule has 0 bridgehead atoms. The number of halogens is 1. The maximum absolute atomic E-state index is 14.5. The van der Waals surface area contributed by atoms with Crippen LogP contribution >= 0.6 is 0 Å². The second kappa shape index (κ2) is 10.6. The van der Waals surface area contributed by atoms with Gasteiger partial charge in [0, 0.05) is 13.3 Å². The van der Waals surface area contributed by atoms with Gasteiger partial charge in [-0.2, -0.15) is 13.5 Å². The van der Waals surface area contributed by atoms with Crippen LogP contribution in [0.15, 0.2) is 47.8 Å². The first-order valence-corrected chi connectivity index (χ1v) is 12.6. The Morgan fingerprint density at radius 3 is 2.64 bits per heavy atom. The summed E-state index contributed by atoms with van der Waals surface area (Å²) < 4.78 is 49.1. The Balaban J connectivity index is 1.92. The number of nitrogens with one attached hydrogen (secondary N) is 1. The van der Waals surface area contributed by atoms with Crippen LogP contribution in [0.5, 0.6) is 0 Å². The topological polar surface area (TPSA) is 108 Å². The highest BCUT2D eigenvalue weighted by Gasteiger charge is 2.25. The molecular weight excluding hydrogens is 485 g/mol. The zero-order chi connectivity index (χ0) is 26.7. The van der Waals surface area contributed by atoms with Gasteiger partial charge in [0.05, 0.1) is 18.6 Å². The molecule has 3 rings (SSSR count). The van der Waals surface area contributed by atoms with E-state index in [1.54, 1.807) is 13.2 Å². The maximum Gasteiger partial charge on any atom is 0.283 e. The molecule has 0 aliphatic carbocycles. The minimum Gasteiger partial charge on any atom is -0.377 e. The third-order valence-corrected chi connectivity index (χ3v) is 6.88. The van der Waals surface area contributed by atoms with E-state index in [1.165, 1.54) is 41.3 Å². The van der Waals surface area contributed by atoms with E-state index in [2.05, 4.69) is 19.6 Å². The zero-order valence-electron chi connectivity index (χ0n) is 20.7. The van der Waals surface area contributed by atoms with Crippen molar-refractivity contribution in [3.63, 3.8) is 0 Å². The average Bonchev–Trinajstić information content (AvgIpc) is 3.28. The minimum atomic E-state index is -4.25. The predicted octanol–water partition coefficient (Wildman–Crippen LogP) is 4.23. The molecule has 0 radical (unpaired) electrons. The number of aromatic nitrogens is 3. The van der Waals surface area contributed by atoms with Crippen LogP contribution in [0.2, 0.25) is 0 Å². The molecule has 0 saturated carbocycles. The molecular formula is C25H28FN5O4S. The second-order valence-electron chi connectivity index (χ2n) is 9.21. The molecule has 0 aliphatic heterocycles. The van der Waals surface area contributed by atoms with Crippen LogP contribution in [0.3, 0.4) is 0 Å². The van der Waals surface area contributed by atoms with Gasteiger partial charge in [0.25, 0.3) is 15.8 Å². The molecule has 0 atom stereocenters. The van der Waals surface area contributed by atoms with E-state index in [-0.39, 0.29) is 23.2 Å². The molecule has 9 nitrogen and oxygen atoms in total. The van der Waals surface area contributed by atoms with Gasteiger partial charge in [0.15, 0.2) is 5.03 Å². The lowest BCUT2D eigenvalue weighted by Crippen LogP contribution is -2.33. The molecule has 1 N–H and O–H groups in total. The third kappa shape index (κ3) is 6.33. The molecule has 36 heavy (non-hydrogen) atoms. The van der Waals surface area contributed by atoms with E-state index in [9.17, 15) is 17.6 Å². The van der Waals surface area contributed by atoms with E-state index in [1.807, 2.05) is 27.7 Å². The van der Waals surface area contributed by atoms with Crippen molar-refractivity contribution in [2.24, 2.45) is 0 Å². The summed E-state index contributed by atoms with van der Waals surface area (Å²) in [5.74, 6) is -1.33. The van der Waals surface area contributed by atoms with Gasteiger partial charge in [-0.15, -0.1) is 4.98 Å². The van der Waals surface area contributed by atoms with Gasteiger partial charge < -0.3 is 9.58 Å². The van der Waals surface area contributed by atoms with Crippen LogP contribution < -0.4 is 4.72 Å². The molecule has 0 aliphatic rings. The molecule has 0 unspecified atom stereocenters. The molecule has 11 heteroatoms. The molecule has 2 heterocycles. The summed E-state index contributed by atoms with van der Waals surface area (Å²) in [5.41, 5.74) is 1.35. The van der Waals surface area contributed by atoms with E-state index in [0.717, 1.165) is 0 Å². The molecule has 2 aromatic heterocycles. The van der Waals surface area contributed by atoms with Crippen molar-refractivity contribution >= 4 is 21.7 Å². The quantitative estimate of drug-likeness (QED) is 0.429. The highest BCUT2D eigenvalue weighted by atomic mass is 32.2.